The number of nitrogens with one attached hydrogen (secondary N) is 1. The summed E-state index contributed by atoms with van der Waals surface area (Å²) in [5.41, 5.74) is 4.39. The van der Waals surface area contributed by atoms with E-state index in [-0.39, 0.29) is 24.9 Å². The van der Waals surface area contributed by atoms with Crippen molar-refractivity contribution in [2.45, 2.75) is 58.8 Å². The molecule has 2 heterocycles. The van der Waals surface area contributed by atoms with Gasteiger partial charge in [-0.1, -0.05) is 49.2 Å². The molecule has 36 heavy (non-hydrogen) atoms. The van der Waals surface area contributed by atoms with Crippen molar-refractivity contribution in [3.05, 3.63) is 80.3 Å². The highest BCUT2D eigenvalue weighted by atomic mass is 32.1. The molecule has 0 bridgehead atoms. The van der Waals surface area contributed by atoms with Crippen molar-refractivity contribution in [2.75, 3.05) is 13.2 Å². The van der Waals surface area contributed by atoms with Crippen LogP contribution in [0.5, 0.6) is 0 Å². The number of carbonyl (C=O) groups is 3. The molecule has 4 rings (SSSR count). The minimum absolute atomic E-state index is 0.194. The lowest BCUT2D eigenvalue weighted by atomic mass is 9.68. The lowest BCUT2D eigenvalue weighted by molar-refractivity contribution is -0.152. The van der Waals surface area contributed by atoms with E-state index in [9.17, 15) is 14.4 Å². The minimum Gasteiger partial charge on any atom is -0.465 e. The highest BCUT2D eigenvalue weighted by molar-refractivity contribution is 7.10. The summed E-state index contributed by atoms with van der Waals surface area (Å²) in [6, 6.07) is 11.8. The second kappa shape index (κ2) is 11.2. The van der Waals surface area contributed by atoms with Gasteiger partial charge in [0.25, 0.3) is 0 Å². The lowest BCUT2D eigenvalue weighted by Gasteiger charge is -2.39. The van der Waals surface area contributed by atoms with Crippen LogP contribution in [0.1, 0.15) is 67.9 Å². The van der Waals surface area contributed by atoms with Crippen molar-refractivity contribution >= 4 is 29.1 Å². The van der Waals surface area contributed by atoms with Gasteiger partial charge >= 0.3 is 11.9 Å². The Morgan fingerprint density at radius 1 is 1.06 bits per heavy atom. The highest BCUT2D eigenvalue weighted by Crippen LogP contribution is 2.49. The number of rotatable bonds is 8. The average Bonchev–Trinajstić information content (AvgIpc) is 3.39. The molecule has 190 valence electrons. The summed E-state index contributed by atoms with van der Waals surface area (Å²) >= 11 is 1.54. The lowest BCUT2D eigenvalue weighted by Crippen LogP contribution is -2.43. The van der Waals surface area contributed by atoms with Crippen LogP contribution in [0.3, 0.4) is 0 Å². The molecule has 0 fully saturated rings. The number of ketones is 1. The summed E-state index contributed by atoms with van der Waals surface area (Å²) in [5, 5.41) is 5.42. The zero-order valence-corrected chi connectivity index (χ0v) is 22.1. The van der Waals surface area contributed by atoms with Crippen LogP contribution in [0.2, 0.25) is 0 Å². The van der Waals surface area contributed by atoms with E-state index in [1.54, 1.807) is 13.8 Å². The summed E-state index contributed by atoms with van der Waals surface area (Å²) < 4.78 is 10.9. The van der Waals surface area contributed by atoms with Gasteiger partial charge in [0, 0.05) is 33.7 Å². The van der Waals surface area contributed by atoms with E-state index in [1.807, 2.05) is 48.7 Å². The summed E-state index contributed by atoms with van der Waals surface area (Å²) in [4.78, 5) is 41.7. The van der Waals surface area contributed by atoms with Gasteiger partial charge in [0.2, 0.25) is 0 Å². The zero-order valence-electron chi connectivity index (χ0n) is 21.3. The number of hydrogen-bond donors (Lipinski definition) is 1. The van der Waals surface area contributed by atoms with E-state index in [1.165, 1.54) is 11.3 Å². The molecule has 7 heteroatoms. The number of hydrogen-bond acceptors (Lipinski definition) is 7. The monoisotopic (exact) mass is 507 g/mol. The molecular weight excluding hydrogens is 474 g/mol. The van der Waals surface area contributed by atoms with Crippen LogP contribution >= 0.6 is 11.3 Å². The largest absolute Gasteiger partial charge is 0.465 e. The van der Waals surface area contributed by atoms with Crippen LogP contribution in [0.25, 0.3) is 0 Å². The van der Waals surface area contributed by atoms with Crippen molar-refractivity contribution in [2.24, 2.45) is 5.92 Å². The fourth-order valence-corrected chi connectivity index (χ4v) is 6.07. The molecule has 0 spiro atoms. The Morgan fingerprint density at radius 2 is 1.78 bits per heavy atom. The number of allylic oxidation sites excluding steroid dienone is 3. The molecule has 0 amide bonds. The van der Waals surface area contributed by atoms with E-state index in [0.29, 0.717) is 24.0 Å². The van der Waals surface area contributed by atoms with E-state index in [4.69, 9.17) is 9.47 Å². The van der Waals surface area contributed by atoms with Gasteiger partial charge in [-0.25, -0.2) is 4.79 Å². The molecule has 2 aliphatic rings. The normalized spacial score (nSPS) is 21.7. The SMILES string of the molecule is CCCC1=C(C(=O)OCC)[C@H](c2ccc(C)cc2)C2=C(C[C@H](c3cccs3)[C@@H](C(=O)OCC)C2=O)N1. The van der Waals surface area contributed by atoms with Crippen molar-refractivity contribution in [3.8, 4) is 0 Å². The third-order valence-corrected chi connectivity index (χ3v) is 7.76. The predicted octanol–water partition coefficient (Wildman–Crippen LogP) is 5.55. The van der Waals surface area contributed by atoms with E-state index >= 15 is 0 Å². The van der Waals surface area contributed by atoms with Gasteiger partial charge < -0.3 is 14.8 Å². The third-order valence-electron chi connectivity index (χ3n) is 6.76. The Labute approximate surface area is 216 Å². The topological polar surface area (TPSA) is 81.7 Å². The Bertz CT molecular complexity index is 1190. The summed E-state index contributed by atoms with van der Waals surface area (Å²) in [6.45, 7) is 7.99. The third kappa shape index (κ3) is 4.89. The molecule has 1 aromatic carbocycles. The van der Waals surface area contributed by atoms with Crippen molar-refractivity contribution < 1.29 is 23.9 Å². The zero-order chi connectivity index (χ0) is 25.8. The van der Waals surface area contributed by atoms with Crippen molar-refractivity contribution in [3.63, 3.8) is 0 Å². The number of thiophene rings is 1. The van der Waals surface area contributed by atoms with Crippen LogP contribution in [-0.4, -0.2) is 30.9 Å². The van der Waals surface area contributed by atoms with Gasteiger partial charge in [0.05, 0.1) is 18.8 Å². The van der Waals surface area contributed by atoms with Gasteiger partial charge in [-0.15, -0.1) is 11.3 Å². The number of aryl methyl sites for hydroxylation is 1. The summed E-state index contributed by atoms with van der Waals surface area (Å²) in [5.74, 6) is -3.15. The van der Waals surface area contributed by atoms with Gasteiger partial charge in [-0.05, 0) is 50.6 Å². The minimum atomic E-state index is -0.965. The second-order valence-electron chi connectivity index (χ2n) is 9.14. The van der Waals surface area contributed by atoms with Crippen LogP contribution in [0, 0.1) is 12.8 Å². The van der Waals surface area contributed by atoms with Gasteiger partial charge in [0.1, 0.15) is 5.92 Å². The van der Waals surface area contributed by atoms with Crippen LogP contribution in [-0.2, 0) is 23.9 Å². The Morgan fingerprint density at radius 3 is 2.39 bits per heavy atom. The van der Waals surface area contributed by atoms with Crippen LogP contribution in [0.4, 0.5) is 0 Å². The second-order valence-corrected chi connectivity index (χ2v) is 10.1. The molecule has 1 aliphatic carbocycles. The van der Waals surface area contributed by atoms with Crippen molar-refractivity contribution in [1.82, 2.24) is 5.32 Å². The fourth-order valence-electron chi connectivity index (χ4n) is 5.21. The molecule has 6 nitrogen and oxygen atoms in total. The molecule has 3 atom stereocenters. The Balaban J connectivity index is 1.91. The molecule has 1 aliphatic heterocycles. The van der Waals surface area contributed by atoms with E-state index in [0.717, 1.165) is 33.8 Å². The van der Waals surface area contributed by atoms with E-state index < -0.39 is 23.8 Å². The standard InChI is InChI=1S/C29H33NO5S/c1-5-9-20-26(29(33)35-7-3)23(18-13-11-17(4)12-14-18)25-21(30-20)16-19(22-10-8-15-36-22)24(27(25)31)28(32)34-6-2/h8,10-15,19,23-24,30H,5-7,9,16H2,1-4H3/t19-,23-,24-/m1/s1. The summed E-state index contributed by atoms with van der Waals surface area (Å²) in [7, 11) is 0. The number of benzene rings is 1. The molecule has 0 unspecified atom stereocenters. The number of dihydropyridines is 1. The first-order valence-corrected chi connectivity index (χ1v) is 13.5. The molecule has 0 radical (unpaired) electrons. The Hall–Kier alpha value is -3.19. The molecular formula is C29H33NO5S. The molecule has 0 saturated carbocycles. The maximum atomic E-state index is 14.3. The van der Waals surface area contributed by atoms with Crippen LogP contribution in [0.15, 0.2) is 64.3 Å². The molecule has 1 aromatic heterocycles. The first kappa shape index (κ1) is 25.9. The van der Waals surface area contributed by atoms with Crippen LogP contribution < -0.4 is 5.32 Å². The average molecular weight is 508 g/mol. The highest BCUT2D eigenvalue weighted by Gasteiger charge is 2.49. The predicted molar refractivity (Wildman–Crippen MR) is 139 cm³/mol. The number of carbonyl (C=O) groups excluding carboxylic acids is 3. The molecule has 2 aromatic rings. The van der Waals surface area contributed by atoms with Gasteiger partial charge in [0.15, 0.2) is 5.78 Å². The number of esters is 2. The van der Waals surface area contributed by atoms with Gasteiger partial charge in [-0.2, -0.15) is 0 Å². The van der Waals surface area contributed by atoms with Gasteiger partial charge in [-0.3, -0.25) is 9.59 Å². The molecule has 1 N–H and O–H groups in total. The number of ether oxygens (including phenoxy) is 2. The first-order valence-electron chi connectivity index (χ1n) is 12.6. The smallest absolute Gasteiger partial charge is 0.336 e. The Kier molecular flexibility index (Phi) is 8.09. The maximum Gasteiger partial charge on any atom is 0.336 e. The van der Waals surface area contributed by atoms with Crippen molar-refractivity contribution in [1.29, 1.82) is 0 Å². The summed E-state index contributed by atoms with van der Waals surface area (Å²) in [6.07, 6.45) is 1.95. The maximum absolute atomic E-state index is 14.3. The molecule has 0 saturated heterocycles. The fraction of sp³-hybridized carbons (Fsp3) is 0.414. The first-order chi connectivity index (χ1) is 17.4. The number of Topliss-reactive ketones (excluding diaryl/α,β-unsaturated/α-hetero) is 1. The van der Waals surface area contributed by atoms with E-state index in [2.05, 4.69) is 12.2 Å². The quantitative estimate of drug-likeness (QED) is 0.373.